The van der Waals surface area contributed by atoms with Crippen molar-refractivity contribution in [1.82, 2.24) is 9.97 Å². The predicted molar refractivity (Wildman–Crippen MR) is 96.1 cm³/mol. The highest BCUT2D eigenvalue weighted by atomic mass is 16.5. The summed E-state index contributed by atoms with van der Waals surface area (Å²) < 4.78 is 5.78. The zero-order chi connectivity index (χ0) is 16.4. The Morgan fingerprint density at radius 2 is 1.71 bits per heavy atom. The Kier molecular flexibility index (Phi) is 4.24. The molecule has 0 radical (unpaired) electrons. The minimum absolute atomic E-state index is 0.657. The molecule has 1 aliphatic carbocycles. The number of para-hydroxylation sites is 1. The molecule has 0 atom stereocenters. The Balaban J connectivity index is 1.50. The van der Waals surface area contributed by atoms with Gasteiger partial charge in [0.15, 0.2) is 0 Å². The van der Waals surface area contributed by atoms with Gasteiger partial charge in [-0.1, -0.05) is 18.2 Å². The van der Waals surface area contributed by atoms with E-state index in [1.807, 2.05) is 6.92 Å². The highest BCUT2D eigenvalue weighted by molar-refractivity contribution is 5.49. The number of ether oxygens (including phenoxy) is 1. The van der Waals surface area contributed by atoms with E-state index in [1.165, 1.54) is 16.9 Å². The average Bonchev–Trinajstić information content (AvgIpc) is 3.12. The van der Waals surface area contributed by atoms with Crippen LogP contribution in [-0.2, 0) is 12.8 Å². The molecule has 5 nitrogen and oxygen atoms in total. The van der Waals surface area contributed by atoms with Crippen molar-refractivity contribution in [3.8, 4) is 5.88 Å². The van der Waals surface area contributed by atoms with Crippen LogP contribution in [0.5, 0.6) is 5.88 Å². The second-order valence-corrected chi connectivity index (χ2v) is 6.35. The van der Waals surface area contributed by atoms with Crippen LogP contribution in [0.4, 0.5) is 11.6 Å². The van der Waals surface area contributed by atoms with Crippen molar-refractivity contribution in [2.45, 2.75) is 26.2 Å². The lowest BCUT2D eigenvalue weighted by Gasteiger charge is -2.36. The molecule has 126 valence electrons. The van der Waals surface area contributed by atoms with Crippen LogP contribution in [-0.4, -0.2) is 42.8 Å². The van der Waals surface area contributed by atoms with Crippen molar-refractivity contribution >= 4 is 11.6 Å². The van der Waals surface area contributed by atoms with Gasteiger partial charge in [-0.25, -0.2) is 4.98 Å². The normalized spacial score (nSPS) is 17.0. The van der Waals surface area contributed by atoms with Crippen LogP contribution in [0.25, 0.3) is 0 Å². The zero-order valence-electron chi connectivity index (χ0n) is 14.2. The molecular formula is C19H24N4O. The number of piperazine rings is 1. The van der Waals surface area contributed by atoms with Gasteiger partial charge in [-0.3, -0.25) is 0 Å². The molecule has 0 amide bonds. The van der Waals surface area contributed by atoms with Gasteiger partial charge in [0.25, 0.3) is 0 Å². The summed E-state index contributed by atoms with van der Waals surface area (Å²) in [5.74, 6) is 1.65. The standard InChI is InChI=1S/C19H24N4O/c1-2-24-18-16-9-6-10-17(16)20-19(21-18)23-13-11-22(12-14-23)15-7-4-3-5-8-15/h3-5,7-8H,2,6,9-14H2,1H3. The first kappa shape index (κ1) is 15.2. The first-order chi connectivity index (χ1) is 11.8. The second-order valence-electron chi connectivity index (χ2n) is 6.35. The van der Waals surface area contributed by atoms with Gasteiger partial charge < -0.3 is 14.5 Å². The summed E-state index contributed by atoms with van der Waals surface area (Å²) in [4.78, 5) is 14.3. The molecule has 1 aromatic heterocycles. The van der Waals surface area contributed by atoms with Crippen LogP contribution in [0.15, 0.2) is 30.3 Å². The third kappa shape index (κ3) is 2.90. The summed E-state index contributed by atoms with van der Waals surface area (Å²) in [6, 6.07) is 10.6. The predicted octanol–water partition coefficient (Wildman–Crippen LogP) is 2.69. The van der Waals surface area contributed by atoms with E-state index < -0.39 is 0 Å². The monoisotopic (exact) mass is 324 g/mol. The lowest BCUT2D eigenvalue weighted by molar-refractivity contribution is 0.322. The minimum atomic E-state index is 0.657. The van der Waals surface area contributed by atoms with Crippen LogP contribution in [0, 0.1) is 0 Å². The largest absolute Gasteiger partial charge is 0.478 e. The van der Waals surface area contributed by atoms with E-state index in [-0.39, 0.29) is 0 Å². The average molecular weight is 324 g/mol. The fourth-order valence-corrected chi connectivity index (χ4v) is 3.59. The second kappa shape index (κ2) is 6.67. The fourth-order valence-electron chi connectivity index (χ4n) is 3.59. The Morgan fingerprint density at radius 1 is 0.958 bits per heavy atom. The van der Waals surface area contributed by atoms with E-state index in [4.69, 9.17) is 14.7 Å². The Morgan fingerprint density at radius 3 is 2.46 bits per heavy atom. The minimum Gasteiger partial charge on any atom is -0.478 e. The van der Waals surface area contributed by atoms with Crippen molar-refractivity contribution in [3.63, 3.8) is 0 Å². The lowest BCUT2D eigenvalue weighted by Crippen LogP contribution is -2.47. The number of benzene rings is 1. The Hall–Kier alpha value is -2.30. The molecule has 0 bridgehead atoms. The van der Waals surface area contributed by atoms with Gasteiger partial charge in [-0.2, -0.15) is 4.98 Å². The number of fused-ring (bicyclic) bond motifs is 1. The van der Waals surface area contributed by atoms with Crippen LogP contribution in [0.3, 0.4) is 0 Å². The van der Waals surface area contributed by atoms with Gasteiger partial charge in [0, 0.05) is 37.4 Å². The van der Waals surface area contributed by atoms with E-state index in [9.17, 15) is 0 Å². The third-order valence-corrected chi connectivity index (χ3v) is 4.85. The van der Waals surface area contributed by atoms with E-state index in [1.54, 1.807) is 0 Å². The molecule has 2 aromatic rings. The molecular weight excluding hydrogens is 300 g/mol. The molecule has 0 unspecified atom stereocenters. The third-order valence-electron chi connectivity index (χ3n) is 4.85. The number of anilines is 2. The maximum Gasteiger partial charge on any atom is 0.229 e. The Bertz CT molecular complexity index is 696. The summed E-state index contributed by atoms with van der Waals surface area (Å²) in [7, 11) is 0. The number of aromatic nitrogens is 2. The summed E-state index contributed by atoms with van der Waals surface area (Å²) >= 11 is 0. The quantitative estimate of drug-likeness (QED) is 0.865. The summed E-state index contributed by atoms with van der Waals surface area (Å²) in [5.41, 5.74) is 3.71. The van der Waals surface area contributed by atoms with E-state index in [0.717, 1.165) is 57.3 Å². The maximum absolute atomic E-state index is 5.78. The number of rotatable bonds is 4. The molecule has 1 fully saturated rings. The number of nitrogens with zero attached hydrogens (tertiary/aromatic N) is 4. The van der Waals surface area contributed by atoms with Crippen molar-refractivity contribution in [2.75, 3.05) is 42.6 Å². The molecule has 0 N–H and O–H groups in total. The van der Waals surface area contributed by atoms with Crippen molar-refractivity contribution in [1.29, 1.82) is 0 Å². The molecule has 1 saturated heterocycles. The van der Waals surface area contributed by atoms with Crippen LogP contribution >= 0.6 is 0 Å². The molecule has 0 spiro atoms. The van der Waals surface area contributed by atoms with Gasteiger partial charge in [0.1, 0.15) is 0 Å². The van der Waals surface area contributed by atoms with Gasteiger partial charge in [0.2, 0.25) is 11.8 Å². The van der Waals surface area contributed by atoms with Gasteiger partial charge in [-0.15, -0.1) is 0 Å². The SMILES string of the molecule is CCOc1nc(N2CCN(c3ccccc3)CC2)nc2c1CCC2. The summed E-state index contributed by atoms with van der Waals surface area (Å²) in [6.45, 7) is 6.55. The smallest absolute Gasteiger partial charge is 0.229 e. The number of aryl methyl sites for hydroxylation is 1. The van der Waals surface area contributed by atoms with Crippen LogP contribution in [0.1, 0.15) is 24.6 Å². The van der Waals surface area contributed by atoms with Crippen LogP contribution < -0.4 is 14.5 Å². The zero-order valence-corrected chi connectivity index (χ0v) is 14.2. The van der Waals surface area contributed by atoms with E-state index in [0.29, 0.717) is 6.61 Å². The molecule has 4 rings (SSSR count). The highest BCUT2D eigenvalue weighted by Gasteiger charge is 2.24. The van der Waals surface area contributed by atoms with Gasteiger partial charge >= 0.3 is 0 Å². The number of hydrogen-bond acceptors (Lipinski definition) is 5. The van der Waals surface area contributed by atoms with Crippen molar-refractivity contribution in [2.24, 2.45) is 0 Å². The first-order valence-corrected chi connectivity index (χ1v) is 8.92. The molecule has 24 heavy (non-hydrogen) atoms. The summed E-state index contributed by atoms with van der Waals surface area (Å²) in [6.07, 6.45) is 3.26. The van der Waals surface area contributed by atoms with Gasteiger partial charge in [0.05, 0.1) is 12.3 Å². The number of hydrogen-bond donors (Lipinski definition) is 0. The molecule has 2 heterocycles. The highest BCUT2D eigenvalue weighted by Crippen LogP contribution is 2.30. The fraction of sp³-hybridized carbons (Fsp3) is 0.474. The van der Waals surface area contributed by atoms with E-state index >= 15 is 0 Å². The lowest BCUT2D eigenvalue weighted by atomic mass is 10.2. The van der Waals surface area contributed by atoms with Gasteiger partial charge in [-0.05, 0) is 38.3 Å². The maximum atomic E-state index is 5.78. The first-order valence-electron chi connectivity index (χ1n) is 8.92. The molecule has 5 heteroatoms. The summed E-state index contributed by atoms with van der Waals surface area (Å²) in [5, 5.41) is 0. The van der Waals surface area contributed by atoms with E-state index in [2.05, 4.69) is 40.1 Å². The Labute approximate surface area is 143 Å². The van der Waals surface area contributed by atoms with Crippen molar-refractivity contribution in [3.05, 3.63) is 41.6 Å². The van der Waals surface area contributed by atoms with Crippen molar-refractivity contribution < 1.29 is 4.74 Å². The topological polar surface area (TPSA) is 41.5 Å². The molecule has 0 saturated carbocycles. The van der Waals surface area contributed by atoms with Crippen LogP contribution in [0.2, 0.25) is 0 Å². The molecule has 1 aromatic carbocycles. The molecule has 2 aliphatic rings. The molecule has 1 aliphatic heterocycles.